The molecule has 0 amide bonds. The molecule has 0 fully saturated rings. The van der Waals surface area contributed by atoms with Gasteiger partial charge in [-0.3, -0.25) is 4.79 Å². The molecule has 6 heteroatoms. The molecule has 0 spiro atoms. The van der Waals surface area contributed by atoms with Crippen LogP contribution in [-0.2, 0) is 0 Å². The first-order chi connectivity index (χ1) is 22.1. The molecule has 0 saturated carbocycles. The molecule has 0 aliphatic rings. The Labute approximate surface area is 303 Å². The van der Waals surface area contributed by atoms with Crippen molar-refractivity contribution in [2.24, 2.45) is 17.8 Å². The molecule has 0 saturated heterocycles. The molecule has 2 rings (SSSR count). The van der Waals surface area contributed by atoms with E-state index in [2.05, 4.69) is 75.3 Å². The van der Waals surface area contributed by atoms with Crippen molar-refractivity contribution in [1.82, 2.24) is 0 Å². The molecule has 4 nitrogen and oxygen atoms in total. The van der Waals surface area contributed by atoms with Crippen LogP contribution in [0.3, 0.4) is 0 Å². The van der Waals surface area contributed by atoms with Crippen LogP contribution < -0.4 is 19.5 Å². The van der Waals surface area contributed by atoms with Crippen molar-refractivity contribution in [3.63, 3.8) is 0 Å². The first kappa shape index (κ1) is 43.6. The molecule has 4 atom stereocenters. The van der Waals surface area contributed by atoms with Gasteiger partial charge in [0.25, 0.3) is 0 Å². The summed E-state index contributed by atoms with van der Waals surface area (Å²) < 4.78 is 19.9. The zero-order valence-electron chi connectivity index (χ0n) is 31.2. The monoisotopic (exact) mass is 663 g/mol. The van der Waals surface area contributed by atoms with E-state index in [4.69, 9.17) is 14.2 Å². The molecular formula is C41H68LiO4P. The molecule has 2 aromatic rings. The van der Waals surface area contributed by atoms with Gasteiger partial charge in [-0.1, -0.05) is 105 Å². The molecule has 0 heterocycles. The fourth-order valence-electron chi connectivity index (χ4n) is 6.13. The molecule has 0 bridgehead atoms. The summed E-state index contributed by atoms with van der Waals surface area (Å²) in [6.07, 6.45) is 13.9. The number of carbonyl (C=O) groups is 1. The van der Waals surface area contributed by atoms with Gasteiger partial charge in [-0.05, 0) is 95.5 Å². The summed E-state index contributed by atoms with van der Waals surface area (Å²) in [6, 6.07) is 6.22. The standard InChI is InChI=1S/C41H67O4P.Li.H/c1-11-17-20-33(14-4)26-43-36-24-37(44-27-34(15-5)21-18-12-2)40(38(25-36)45-28-35(16-6)22-19-13-3)46-41(42)39-30(8)23-29(7)31(9)32(39)10;;/h23-25,33-35,46H,11-22,26-28H2,1-10H3;;. The second-order valence-corrected chi connectivity index (χ2v) is 14.8. The molecule has 0 radical (unpaired) electrons. The Morgan fingerprint density at radius 1 is 0.617 bits per heavy atom. The number of aryl methyl sites for hydroxylation is 2. The van der Waals surface area contributed by atoms with Gasteiger partial charge in [0.1, 0.15) is 17.2 Å². The molecule has 0 aliphatic carbocycles. The summed E-state index contributed by atoms with van der Waals surface area (Å²) in [6.45, 7) is 23.8. The van der Waals surface area contributed by atoms with E-state index in [-0.39, 0.29) is 33.0 Å². The van der Waals surface area contributed by atoms with Crippen LogP contribution >= 0.6 is 8.58 Å². The van der Waals surface area contributed by atoms with Crippen LogP contribution in [0.4, 0.5) is 0 Å². The maximum absolute atomic E-state index is 14.2. The van der Waals surface area contributed by atoms with Crippen molar-refractivity contribution in [2.45, 2.75) is 146 Å². The summed E-state index contributed by atoms with van der Waals surface area (Å²) in [5, 5.41) is 0.878. The number of hydrogen-bond acceptors (Lipinski definition) is 4. The topological polar surface area (TPSA) is 44.8 Å². The minimum atomic E-state index is -0.101. The second kappa shape index (κ2) is 23.8. The van der Waals surface area contributed by atoms with Gasteiger partial charge in [-0.2, -0.15) is 0 Å². The van der Waals surface area contributed by atoms with E-state index in [0.29, 0.717) is 37.6 Å². The third-order valence-corrected chi connectivity index (χ3v) is 11.1. The second-order valence-electron chi connectivity index (χ2n) is 13.6. The van der Waals surface area contributed by atoms with E-state index in [1.165, 1.54) is 56.1 Å². The van der Waals surface area contributed by atoms with Gasteiger partial charge in [-0.25, -0.2) is 0 Å². The molecule has 47 heavy (non-hydrogen) atoms. The van der Waals surface area contributed by atoms with Crippen LogP contribution in [0.1, 0.15) is 151 Å². The Balaban J connectivity index is 0.0000110. The van der Waals surface area contributed by atoms with Crippen molar-refractivity contribution in [2.75, 3.05) is 19.8 Å². The predicted molar refractivity (Wildman–Crippen MR) is 208 cm³/mol. The molecular weight excluding hydrogens is 594 g/mol. The zero-order valence-corrected chi connectivity index (χ0v) is 32.2. The normalized spacial score (nSPS) is 13.3. The van der Waals surface area contributed by atoms with Crippen molar-refractivity contribution in [1.29, 1.82) is 0 Å². The van der Waals surface area contributed by atoms with Gasteiger partial charge in [-0.15, -0.1) is 0 Å². The van der Waals surface area contributed by atoms with Gasteiger partial charge >= 0.3 is 18.9 Å². The average Bonchev–Trinajstić information content (AvgIpc) is 3.05. The van der Waals surface area contributed by atoms with Crippen molar-refractivity contribution in [3.8, 4) is 17.2 Å². The molecule has 262 valence electrons. The number of hydrogen-bond donors (Lipinski definition) is 0. The fourth-order valence-corrected chi connectivity index (χ4v) is 7.41. The van der Waals surface area contributed by atoms with Gasteiger partial charge < -0.3 is 14.2 Å². The third kappa shape index (κ3) is 14.1. The van der Waals surface area contributed by atoms with E-state index in [1.807, 2.05) is 12.1 Å². The molecule has 0 aliphatic heterocycles. The number of carbonyl (C=O) groups excluding carboxylic acids is 1. The van der Waals surface area contributed by atoms with Crippen LogP contribution in [0.2, 0.25) is 0 Å². The Morgan fingerprint density at radius 3 is 1.45 bits per heavy atom. The van der Waals surface area contributed by atoms with Gasteiger partial charge in [0.2, 0.25) is 0 Å². The third-order valence-electron chi connectivity index (χ3n) is 9.93. The summed E-state index contributed by atoms with van der Waals surface area (Å²) in [5.74, 6) is 3.74. The Hall–Kier alpha value is -1.46. The van der Waals surface area contributed by atoms with Crippen molar-refractivity contribution < 1.29 is 19.0 Å². The number of rotatable bonds is 24. The Morgan fingerprint density at radius 2 is 1.04 bits per heavy atom. The molecule has 0 aromatic heterocycles. The number of ether oxygens (including phenoxy) is 3. The fraction of sp³-hybridized carbons (Fsp3) is 0.683. The van der Waals surface area contributed by atoms with Crippen molar-refractivity contribution >= 4 is 38.3 Å². The Kier molecular flexibility index (Phi) is 22.1. The van der Waals surface area contributed by atoms with E-state index in [0.717, 1.165) is 71.3 Å². The zero-order chi connectivity index (χ0) is 34.1. The van der Waals surface area contributed by atoms with Crippen LogP contribution in [0, 0.1) is 45.4 Å². The van der Waals surface area contributed by atoms with Crippen molar-refractivity contribution in [3.05, 3.63) is 46.0 Å². The van der Waals surface area contributed by atoms with Gasteiger partial charge in [0.15, 0.2) is 5.52 Å². The quantitative estimate of drug-likeness (QED) is 0.0829. The number of unbranched alkanes of at least 4 members (excludes halogenated alkanes) is 3. The first-order valence-corrected chi connectivity index (χ1v) is 19.6. The van der Waals surface area contributed by atoms with Gasteiger partial charge in [0.05, 0.1) is 25.1 Å². The first-order valence-electron chi connectivity index (χ1n) is 18.6. The molecule has 2 aromatic carbocycles. The van der Waals surface area contributed by atoms with Crippen LogP contribution in [0.25, 0.3) is 0 Å². The minimum absolute atomic E-state index is 0. The SMILES string of the molecule is CCCCC(CC)COc1cc(OCC(CC)CCCC)c(PC(=O)c2c(C)cc(C)c(C)c2C)c(OCC(CC)CCCC)c1.[LiH]. The average molecular weight is 663 g/mol. The van der Waals surface area contributed by atoms with E-state index < -0.39 is 0 Å². The van der Waals surface area contributed by atoms with Crippen LogP contribution in [0.5, 0.6) is 17.2 Å². The molecule has 0 N–H and O–H groups in total. The van der Waals surface area contributed by atoms with E-state index in [9.17, 15) is 4.79 Å². The van der Waals surface area contributed by atoms with E-state index >= 15 is 0 Å². The summed E-state index contributed by atoms with van der Waals surface area (Å²) >= 11 is 0. The van der Waals surface area contributed by atoms with Crippen LogP contribution in [-0.4, -0.2) is 44.2 Å². The predicted octanol–water partition coefficient (Wildman–Crippen LogP) is 11.2. The van der Waals surface area contributed by atoms with Gasteiger partial charge in [0, 0.05) is 17.7 Å². The summed E-state index contributed by atoms with van der Waals surface area (Å²) in [5.41, 5.74) is 5.51. The maximum atomic E-state index is 14.2. The Bertz CT molecular complexity index is 1160. The molecule has 4 unspecified atom stereocenters. The summed E-state index contributed by atoms with van der Waals surface area (Å²) in [4.78, 5) is 14.2. The summed E-state index contributed by atoms with van der Waals surface area (Å²) in [7, 11) is -0.101. The number of benzene rings is 2. The van der Waals surface area contributed by atoms with Crippen LogP contribution in [0.15, 0.2) is 18.2 Å². The van der Waals surface area contributed by atoms with E-state index in [1.54, 1.807) is 0 Å².